The van der Waals surface area contributed by atoms with E-state index in [0.717, 1.165) is 17.0 Å². The standard InChI is InChI=1S/C15H18FN3O2/c1-9-13(10(2)19(3)18-9)8-17-15(20)12-6-5-11(21-4)7-14(12)16/h5-7H,8H2,1-4H3,(H,17,20). The largest absolute Gasteiger partial charge is 0.497 e. The van der Waals surface area contributed by atoms with Gasteiger partial charge in [0.25, 0.3) is 5.91 Å². The first-order chi connectivity index (χ1) is 9.93. The molecule has 0 unspecified atom stereocenters. The van der Waals surface area contributed by atoms with Crippen molar-refractivity contribution >= 4 is 5.91 Å². The molecular formula is C15H18FN3O2. The van der Waals surface area contributed by atoms with E-state index in [4.69, 9.17) is 4.74 Å². The average Bonchev–Trinajstić information content (AvgIpc) is 2.69. The van der Waals surface area contributed by atoms with Gasteiger partial charge in [-0.3, -0.25) is 9.48 Å². The van der Waals surface area contributed by atoms with Gasteiger partial charge in [-0.1, -0.05) is 0 Å². The Bertz CT molecular complexity index is 680. The van der Waals surface area contributed by atoms with Crippen LogP contribution < -0.4 is 10.1 Å². The second-order valence-corrected chi connectivity index (χ2v) is 4.80. The molecule has 0 radical (unpaired) electrons. The molecule has 0 saturated heterocycles. The molecule has 0 aliphatic carbocycles. The van der Waals surface area contributed by atoms with E-state index in [9.17, 15) is 9.18 Å². The molecule has 2 rings (SSSR count). The molecule has 1 aromatic heterocycles. The number of benzene rings is 1. The summed E-state index contributed by atoms with van der Waals surface area (Å²) in [5.74, 6) is -0.688. The van der Waals surface area contributed by atoms with Gasteiger partial charge < -0.3 is 10.1 Å². The van der Waals surface area contributed by atoms with Crippen LogP contribution in [0.3, 0.4) is 0 Å². The van der Waals surface area contributed by atoms with Gasteiger partial charge in [0.2, 0.25) is 0 Å². The third-order valence-corrected chi connectivity index (χ3v) is 3.51. The predicted octanol–water partition coefficient (Wildman–Crippen LogP) is 2.11. The zero-order chi connectivity index (χ0) is 15.6. The number of amides is 1. The first kappa shape index (κ1) is 15.0. The summed E-state index contributed by atoms with van der Waals surface area (Å²) in [6.07, 6.45) is 0. The van der Waals surface area contributed by atoms with E-state index in [2.05, 4.69) is 10.4 Å². The lowest BCUT2D eigenvalue weighted by Gasteiger charge is -2.08. The summed E-state index contributed by atoms with van der Waals surface area (Å²) >= 11 is 0. The highest BCUT2D eigenvalue weighted by Gasteiger charge is 2.15. The normalized spacial score (nSPS) is 10.5. The Hall–Kier alpha value is -2.37. The fourth-order valence-corrected chi connectivity index (χ4v) is 2.14. The Kier molecular flexibility index (Phi) is 4.26. The zero-order valence-electron chi connectivity index (χ0n) is 12.5. The van der Waals surface area contributed by atoms with Gasteiger partial charge >= 0.3 is 0 Å². The summed E-state index contributed by atoms with van der Waals surface area (Å²) in [7, 11) is 3.29. The number of carbonyl (C=O) groups excluding carboxylic acids is 1. The highest BCUT2D eigenvalue weighted by Crippen LogP contribution is 2.17. The number of hydrogen-bond acceptors (Lipinski definition) is 3. The molecule has 1 N–H and O–H groups in total. The fourth-order valence-electron chi connectivity index (χ4n) is 2.14. The molecule has 1 heterocycles. The molecule has 0 spiro atoms. The van der Waals surface area contributed by atoms with Crippen molar-refractivity contribution in [3.05, 3.63) is 46.5 Å². The van der Waals surface area contributed by atoms with E-state index in [0.29, 0.717) is 12.3 Å². The van der Waals surface area contributed by atoms with Crippen LogP contribution in [0, 0.1) is 19.7 Å². The summed E-state index contributed by atoms with van der Waals surface area (Å²) in [6, 6.07) is 4.15. The van der Waals surface area contributed by atoms with Crippen molar-refractivity contribution in [3.8, 4) is 5.75 Å². The van der Waals surface area contributed by atoms with Crippen molar-refractivity contribution in [2.45, 2.75) is 20.4 Å². The van der Waals surface area contributed by atoms with Gasteiger partial charge in [-0.15, -0.1) is 0 Å². The molecule has 6 heteroatoms. The van der Waals surface area contributed by atoms with Crippen LogP contribution in [0.15, 0.2) is 18.2 Å². The van der Waals surface area contributed by atoms with E-state index in [1.54, 1.807) is 10.7 Å². The number of rotatable bonds is 4. The Labute approximate surface area is 122 Å². The summed E-state index contributed by atoms with van der Waals surface area (Å²) in [4.78, 5) is 12.0. The molecule has 0 aliphatic heterocycles. The molecule has 0 saturated carbocycles. The quantitative estimate of drug-likeness (QED) is 0.938. The Morgan fingerprint density at radius 3 is 2.67 bits per heavy atom. The molecule has 1 amide bonds. The maximum absolute atomic E-state index is 13.8. The fraction of sp³-hybridized carbons (Fsp3) is 0.333. The van der Waals surface area contributed by atoms with Crippen LogP contribution in [0.5, 0.6) is 5.75 Å². The topological polar surface area (TPSA) is 56.1 Å². The van der Waals surface area contributed by atoms with Gasteiger partial charge in [-0.25, -0.2) is 4.39 Å². The van der Waals surface area contributed by atoms with Crippen molar-refractivity contribution in [2.75, 3.05) is 7.11 Å². The van der Waals surface area contributed by atoms with Gasteiger partial charge in [-0.2, -0.15) is 5.10 Å². The molecule has 5 nitrogen and oxygen atoms in total. The van der Waals surface area contributed by atoms with Crippen LogP contribution in [-0.4, -0.2) is 22.8 Å². The van der Waals surface area contributed by atoms with Crippen molar-refractivity contribution < 1.29 is 13.9 Å². The molecule has 0 bridgehead atoms. The molecule has 21 heavy (non-hydrogen) atoms. The van der Waals surface area contributed by atoms with Crippen LogP contribution in [0.4, 0.5) is 4.39 Å². The van der Waals surface area contributed by atoms with Crippen LogP contribution >= 0.6 is 0 Å². The first-order valence-electron chi connectivity index (χ1n) is 6.55. The number of ether oxygens (including phenoxy) is 1. The second-order valence-electron chi connectivity index (χ2n) is 4.80. The number of aryl methyl sites for hydroxylation is 2. The number of nitrogens with zero attached hydrogens (tertiary/aromatic N) is 2. The minimum absolute atomic E-state index is 0.00463. The van der Waals surface area contributed by atoms with E-state index >= 15 is 0 Å². The van der Waals surface area contributed by atoms with Crippen LogP contribution in [0.25, 0.3) is 0 Å². The Balaban J connectivity index is 2.12. The zero-order valence-corrected chi connectivity index (χ0v) is 12.5. The summed E-state index contributed by atoms with van der Waals surface area (Å²) in [5, 5.41) is 6.99. The highest BCUT2D eigenvalue weighted by molar-refractivity contribution is 5.94. The maximum atomic E-state index is 13.8. The summed E-state index contributed by atoms with van der Waals surface area (Å²) in [6.45, 7) is 4.12. The number of carbonyl (C=O) groups is 1. The number of halogens is 1. The minimum Gasteiger partial charge on any atom is -0.497 e. The van der Waals surface area contributed by atoms with Gasteiger partial charge in [0.15, 0.2) is 0 Å². The minimum atomic E-state index is -0.605. The predicted molar refractivity (Wildman–Crippen MR) is 76.8 cm³/mol. The van der Waals surface area contributed by atoms with Crippen molar-refractivity contribution in [1.82, 2.24) is 15.1 Å². The van der Waals surface area contributed by atoms with E-state index < -0.39 is 11.7 Å². The number of aromatic nitrogens is 2. The van der Waals surface area contributed by atoms with E-state index in [1.165, 1.54) is 19.2 Å². The third-order valence-electron chi connectivity index (χ3n) is 3.51. The van der Waals surface area contributed by atoms with Gasteiger partial charge in [-0.05, 0) is 26.0 Å². The molecular weight excluding hydrogens is 273 g/mol. The third kappa shape index (κ3) is 3.04. The lowest BCUT2D eigenvalue weighted by Crippen LogP contribution is -2.24. The molecule has 0 atom stereocenters. The van der Waals surface area contributed by atoms with Gasteiger partial charge in [0, 0.05) is 30.9 Å². The van der Waals surface area contributed by atoms with Gasteiger partial charge in [0.05, 0.1) is 18.4 Å². The van der Waals surface area contributed by atoms with Crippen LogP contribution in [0.1, 0.15) is 27.3 Å². The number of methoxy groups -OCH3 is 1. The summed E-state index contributed by atoms with van der Waals surface area (Å²) < 4.78 is 20.5. The monoisotopic (exact) mass is 291 g/mol. The van der Waals surface area contributed by atoms with E-state index in [-0.39, 0.29) is 5.56 Å². The molecule has 0 aliphatic rings. The smallest absolute Gasteiger partial charge is 0.254 e. The van der Waals surface area contributed by atoms with E-state index in [1.807, 2.05) is 20.9 Å². The van der Waals surface area contributed by atoms with Crippen LogP contribution in [-0.2, 0) is 13.6 Å². The Morgan fingerprint density at radius 2 is 2.14 bits per heavy atom. The van der Waals surface area contributed by atoms with Crippen LogP contribution in [0.2, 0.25) is 0 Å². The number of nitrogens with one attached hydrogen (secondary N) is 1. The summed E-state index contributed by atoms with van der Waals surface area (Å²) in [5.41, 5.74) is 2.77. The average molecular weight is 291 g/mol. The first-order valence-corrected chi connectivity index (χ1v) is 6.55. The highest BCUT2D eigenvalue weighted by atomic mass is 19.1. The number of hydrogen-bond donors (Lipinski definition) is 1. The lowest BCUT2D eigenvalue weighted by molar-refractivity contribution is 0.0946. The Morgan fingerprint density at radius 1 is 1.43 bits per heavy atom. The van der Waals surface area contributed by atoms with Gasteiger partial charge in [0.1, 0.15) is 11.6 Å². The molecule has 112 valence electrons. The SMILES string of the molecule is COc1ccc(C(=O)NCc2c(C)nn(C)c2C)c(F)c1. The van der Waals surface area contributed by atoms with Crippen molar-refractivity contribution in [2.24, 2.45) is 7.05 Å². The van der Waals surface area contributed by atoms with Crippen molar-refractivity contribution in [1.29, 1.82) is 0 Å². The maximum Gasteiger partial charge on any atom is 0.254 e. The second kappa shape index (κ2) is 5.95. The lowest BCUT2D eigenvalue weighted by atomic mass is 10.1. The molecule has 1 aromatic carbocycles. The molecule has 2 aromatic rings. The molecule has 0 fully saturated rings. The van der Waals surface area contributed by atoms with Crippen molar-refractivity contribution in [3.63, 3.8) is 0 Å².